The molecule has 1 aromatic heterocycles. The molecule has 0 spiro atoms. The molecular formula is C17H20BrN3O3S2. The van der Waals surface area contributed by atoms with Crippen LogP contribution < -0.4 is 5.32 Å². The van der Waals surface area contributed by atoms with Crippen molar-refractivity contribution in [1.82, 2.24) is 9.29 Å². The first kappa shape index (κ1) is 19.5. The SMILES string of the molecule is Cc1sc(NC(=O)C2CCCN(S(C)(=O)=O)C2)nc1-c1ccc(Br)cc1. The van der Waals surface area contributed by atoms with Crippen LogP contribution in [0.2, 0.25) is 0 Å². The van der Waals surface area contributed by atoms with Gasteiger partial charge in [-0.1, -0.05) is 28.1 Å². The lowest BCUT2D eigenvalue weighted by Crippen LogP contribution is -2.43. The predicted molar refractivity (Wildman–Crippen MR) is 108 cm³/mol. The summed E-state index contributed by atoms with van der Waals surface area (Å²) in [6, 6.07) is 7.86. The van der Waals surface area contributed by atoms with Gasteiger partial charge in [0.1, 0.15) is 0 Å². The summed E-state index contributed by atoms with van der Waals surface area (Å²) in [5.74, 6) is -0.520. The molecule has 0 bridgehead atoms. The zero-order valence-electron chi connectivity index (χ0n) is 14.5. The topological polar surface area (TPSA) is 79.4 Å². The minimum absolute atomic E-state index is 0.172. The van der Waals surface area contributed by atoms with Gasteiger partial charge in [0.2, 0.25) is 15.9 Å². The molecule has 1 amide bonds. The van der Waals surface area contributed by atoms with Gasteiger partial charge in [0.15, 0.2) is 5.13 Å². The van der Waals surface area contributed by atoms with E-state index in [1.165, 1.54) is 21.9 Å². The number of piperidine rings is 1. The van der Waals surface area contributed by atoms with Crippen LogP contribution in [-0.2, 0) is 14.8 Å². The highest BCUT2D eigenvalue weighted by Crippen LogP contribution is 2.31. The van der Waals surface area contributed by atoms with Crippen molar-refractivity contribution >= 4 is 48.3 Å². The summed E-state index contributed by atoms with van der Waals surface area (Å²) in [5.41, 5.74) is 1.84. The fourth-order valence-corrected chi connectivity index (χ4v) is 5.01. The summed E-state index contributed by atoms with van der Waals surface area (Å²) in [6.45, 7) is 2.68. The quantitative estimate of drug-likeness (QED) is 0.761. The van der Waals surface area contributed by atoms with E-state index < -0.39 is 10.0 Å². The number of anilines is 1. The number of benzene rings is 1. The Balaban J connectivity index is 1.72. The lowest BCUT2D eigenvalue weighted by molar-refractivity contribution is -0.120. The summed E-state index contributed by atoms with van der Waals surface area (Å²) >= 11 is 4.84. The monoisotopic (exact) mass is 457 g/mol. The van der Waals surface area contributed by atoms with Crippen LogP contribution in [0.4, 0.5) is 5.13 Å². The van der Waals surface area contributed by atoms with Crippen LogP contribution in [0.15, 0.2) is 28.7 Å². The summed E-state index contributed by atoms with van der Waals surface area (Å²) in [6.07, 6.45) is 2.55. The van der Waals surface area contributed by atoms with Crippen molar-refractivity contribution in [3.8, 4) is 11.3 Å². The second-order valence-electron chi connectivity index (χ2n) is 6.38. The van der Waals surface area contributed by atoms with Gasteiger partial charge in [0, 0.05) is 28.0 Å². The Hall–Kier alpha value is -1.29. The molecule has 1 saturated heterocycles. The number of amides is 1. The third-order valence-corrected chi connectivity index (χ3v) is 7.05. The first-order chi connectivity index (χ1) is 12.2. The number of nitrogens with zero attached hydrogens (tertiary/aromatic N) is 2. The molecule has 1 N–H and O–H groups in total. The number of aryl methyl sites for hydroxylation is 1. The summed E-state index contributed by atoms with van der Waals surface area (Å²) in [5, 5.41) is 3.41. The van der Waals surface area contributed by atoms with Crippen LogP contribution in [0.25, 0.3) is 11.3 Å². The highest BCUT2D eigenvalue weighted by molar-refractivity contribution is 9.10. The third kappa shape index (κ3) is 4.51. The number of rotatable bonds is 4. The molecule has 140 valence electrons. The molecule has 9 heteroatoms. The second-order valence-corrected chi connectivity index (χ2v) is 10.5. The number of carbonyl (C=O) groups excluding carboxylic acids is 1. The van der Waals surface area contributed by atoms with Crippen LogP contribution >= 0.6 is 27.3 Å². The van der Waals surface area contributed by atoms with Crippen molar-refractivity contribution in [2.24, 2.45) is 5.92 Å². The average Bonchev–Trinajstić information content (AvgIpc) is 2.95. The Labute approximate surface area is 165 Å². The van der Waals surface area contributed by atoms with E-state index in [0.29, 0.717) is 24.5 Å². The van der Waals surface area contributed by atoms with E-state index in [1.807, 2.05) is 31.2 Å². The molecule has 26 heavy (non-hydrogen) atoms. The fraction of sp³-hybridized carbons (Fsp3) is 0.412. The molecule has 0 saturated carbocycles. The standard InChI is InChI=1S/C17H20BrN3O3S2/c1-11-15(12-5-7-14(18)8-6-12)19-17(25-11)20-16(22)13-4-3-9-21(10-13)26(2,23)24/h5-8,13H,3-4,9-10H2,1-2H3,(H,19,20,22). The summed E-state index contributed by atoms with van der Waals surface area (Å²) < 4.78 is 25.8. The summed E-state index contributed by atoms with van der Waals surface area (Å²) in [4.78, 5) is 18.1. The molecule has 0 radical (unpaired) electrons. The van der Waals surface area contributed by atoms with E-state index in [0.717, 1.165) is 20.6 Å². The number of hydrogen-bond acceptors (Lipinski definition) is 5. The van der Waals surface area contributed by atoms with Crippen molar-refractivity contribution in [3.63, 3.8) is 0 Å². The van der Waals surface area contributed by atoms with Crippen molar-refractivity contribution in [1.29, 1.82) is 0 Å². The Morgan fingerprint density at radius 3 is 2.69 bits per heavy atom. The smallest absolute Gasteiger partial charge is 0.230 e. The van der Waals surface area contributed by atoms with Crippen LogP contribution in [-0.4, -0.2) is 43.0 Å². The van der Waals surface area contributed by atoms with Gasteiger partial charge in [-0.25, -0.2) is 17.7 Å². The number of thiazole rings is 1. The molecule has 1 aromatic carbocycles. The van der Waals surface area contributed by atoms with E-state index >= 15 is 0 Å². The van der Waals surface area contributed by atoms with Gasteiger partial charge >= 0.3 is 0 Å². The second kappa shape index (κ2) is 7.75. The number of aromatic nitrogens is 1. The number of sulfonamides is 1. The molecule has 1 unspecified atom stereocenters. The van der Waals surface area contributed by atoms with Crippen LogP contribution in [0.1, 0.15) is 17.7 Å². The molecule has 1 aliphatic heterocycles. The lowest BCUT2D eigenvalue weighted by Gasteiger charge is -2.29. The number of nitrogens with one attached hydrogen (secondary N) is 1. The van der Waals surface area contributed by atoms with Gasteiger partial charge in [0.05, 0.1) is 17.9 Å². The first-order valence-corrected chi connectivity index (χ1v) is 11.7. The molecule has 1 fully saturated rings. The van der Waals surface area contributed by atoms with Crippen molar-refractivity contribution in [2.45, 2.75) is 19.8 Å². The van der Waals surface area contributed by atoms with Gasteiger partial charge in [-0.3, -0.25) is 4.79 Å². The maximum Gasteiger partial charge on any atom is 0.230 e. The van der Waals surface area contributed by atoms with Crippen molar-refractivity contribution in [2.75, 3.05) is 24.7 Å². The number of carbonyl (C=O) groups is 1. The van der Waals surface area contributed by atoms with Crippen LogP contribution in [0.5, 0.6) is 0 Å². The van der Waals surface area contributed by atoms with Gasteiger partial charge < -0.3 is 5.32 Å². The number of hydrogen-bond donors (Lipinski definition) is 1. The van der Waals surface area contributed by atoms with Gasteiger partial charge in [-0.2, -0.15) is 0 Å². The molecule has 0 aliphatic carbocycles. The molecule has 2 heterocycles. The normalized spacial score (nSPS) is 18.7. The van der Waals surface area contributed by atoms with E-state index in [1.54, 1.807) is 0 Å². The molecule has 3 rings (SSSR count). The largest absolute Gasteiger partial charge is 0.302 e. The molecule has 6 nitrogen and oxygen atoms in total. The molecule has 1 atom stereocenters. The maximum atomic E-state index is 12.6. The molecular weight excluding hydrogens is 438 g/mol. The Bertz CT molecular complexity index is 910. The van der Waals surface area contributed by atoms with Crippen LogP contribution in [0, 0.1) is 12.8 Å². The first-order valence-electron chi connectivity index (χ1n) is 8.23. The van der Waals surface area contributed by atoms with E-state index in [-0.39, 0.29) is 18.4 Å². The average molecular weight is 458 g/mol. The minimum Gasteiger partial charge on any atom is -0.302 e. The summed E-state index contributed by atoms with van der Waals surface area (Å²) in [7, 11) is -3.27. The molecule has 1 aliphatic rings. The Kier molecular flexibility index (Phi) is 5.81. The van der Waals surface area contributed by atoms with Gasteiger partial charge in [0.25, 0.3) is 0 Å². The zero-order valence-corrected chi connectivity index (χ0v) is 17.7. The maximum absolute atomic E-state index is 12.6. The van der Waals surface area contributed by atoms with E-state index in [4.69, 9.17) is 0 Å². The Morgan fingerprint density at radius 2 is 2.04 bits per heavy atom. The zero-order chi connectivity index (χ0) is 18.9. The minimum atomic E-state index is -3.27. The van der Waals surface area contributed by atoms with Crippen LogP contribution in [0.3, 0.4) is 0 Å². The highest BCUT2D eigenvalue weighted by atomic mass is 79.9. The van der Waals surface area contributed by atoms with E-state index in [2.05, 4.69) is 26.2 Å². The lowest BCUT2D eigenvalue weighted by atomic mass is 9.99. The molecule has 2 aromatic rings. The number of halogens is 1. The Morgan fingerprint density at radius 1 is 1.35 bits per heavy atom. The predicted octanol–water partition coefficient (Wildman–Crippen LogP) is 3.49. The van der Waals surface area contributed by atoms with Crippen molar-refractivity contribution in [3.05, 3.63) is 33.6 Å². The fourth-order valence-electron chi connectivity index (χ4n) is 2.99. The highest BCUT2D eigenvalue weighted by Gasteiger charge is 2.30. The van der Waals surface area contributed by atoms with Gasteiger partial charge in [-0.05, 0) is 31.9 Å². The van der Waals surface area contributed by atoms with Gasteiger partial charge in [-0.15, -0.1) is 11.3 Å². The van der Waals surface area contributed by atoms with E-state index in [9.17, 15) is 13.2 Å². The third-order valence-electron chi connectivity index (χ3n) is 4.37. The van der Waals surface area contributed by atoms with Crippen molar-refractivity contribution < 1.29 is 13.2 Å².